The van der Waals surface area contributed by atoms with Crippen molar-refractivity contribution in [2.45, 2.75) is 38.1 Å². The van der Waals surface area contributed by atoms with Crippen LogP contribution in [0.15, 0.2) is 30.3 Å². The highest BCUT2D eigenvalue weighted by molar-refractivity contribution is 6.09. The van der Waals surface area contributed by atoms with E-state index in [1.807, 2.05) is 32.0 Å². The zero-order valence-electron chi connectivity index (χ0n) is 16.4. The average Bonchev–Trinajstić information content (AvgIpc) is 3.23. The Morgan fingerprint density at radius 3 is 2.36 bits per heavy atom. The van der Waals surface area contributed by atoms with Crippen LogP contribution in [-0.2, 0) is 9.59 Å². The van der Waals surface area contributed by atoms with Crippen LogP contribution in [0.5, 0.6) is 0 Å². The van der Waals surface area contributed by atoms with Gasteiger partial charge in [0.1, 0.15) is 12.1 Å². The molecular formula is C20H29ClN4O3. The third-order valence-corrected chi connectivity index (χ3v) is 6.07. The van der Waals surface area contributed by atoms with Crippen LogP contribution < -0.4 is 11.1 Å². The van der Waals surface area contributed by atoms with Crippen LogP contribution in [0, 0.1) is 5.92 Å². The second kappa shape index (κ2) is 8.92. The molecule has 3 rings (SSSR count). The van der Waals surface area contributed by atoms with Crippen LogP contribution in [0.1, 0.15) is 38.2 Å². The van der Waals surface area contributed by atoms with E-state index in [4.69, 9.17) is 5.73 Å². The van der Waals surface area contributed by atoms with Gasteiger partial charge in [-0.15, -0.1) is 12.4 Å². The van der Waals surface area contributed by atoms with Crippen molar-refractivity contribution in [1.29, 1.82) is 0 Å². The molecule has 2 saturated heterocycles. The summed E-state index contributed by atoms with van der Waals surface area (Å²) in [5.74, 6) is -0.170. The Morgan fingerprint density at radius 2 is 1.82 bits per heavy atom. The molecule has 7 nitrogen and oxygen atoms in total. The van der Waals surface area contributed by atoms with Gasteiger partial charge in [0, 0.05) is 19.0 Å². The first-order valence-electron chi connectivity index (χ1n) is 9.62. The van der Waals surface area contributed by atoms with Gasteiger partial charge in [-0.05, 0) is 30.9 Å². The number of hydrogen-bond acceptors (Lipinski definition) is 4. The number of urea groups is 1. The molecule has 0 aromatic heterocycles. The van der Waals surface area contributed by atoms with Crippen LogP contribution in [0.25, 0.3) is 0 Å². The Bertz CT molecular complexity index is 723. The molecule has 2 aliphatic heterocycles. The lowest BCUT2D eigenvalue weighted by Gasteiger charge is -2.24. The van der Waals surface area contributed by atoms with Crippen molar-refractivity contribution in [2.24, 2.45) is 11.7 Å². The fourth-order valence-corrected chi connectivity index (χ4v) is 4.18. The lowest BCUT2D eigenvalue weighted by atomic mass is 9.89. The van der Waals surface area contributed by atoms with Gasteiger partial charge in [0.2, 0.25) is 5.91 Å². The summed E-state index contributed by atoms with van der Waals surface area (Å²) < 4.78 is 0. The van der Waals surface area contributed by atoms with E-state index < -0.39 is 11.6 Å². The molecule has 154 valence electrons. The molecule has 4 amide bonds. The number of rotatable bonds is 6. The summed E-state index contributed by atoms with van der Waals surface area (Å²) in [6.45, 7) is 5.10. The second-order valence-electron chi connectivity index (χ2n) is 7.42. The van der Waals surface area contributed by atoms with Gasteiger partial charge in [0.15, 0.2) is 0 Å². The lowest BCUT2D eigenvalue weighted by Crippen LogP contribution is -2.47. The van der Waals surface area contributed by atoms with Crippen molar-refractivity contribution in [1.82, 2.24) is 15.1 Å². The molecule has 2 atom stereocenters. The zero-order chi connectivity index (χ0) is 19.6. The molecule has 8 heteroatoms. The maximum absolute atomic E-state index is 12.8. The van der Waals surface area contributed by atoms with Gasteiger partial charge in [-0.25, -0.2) is 4.79 Å². The molecule has 0 aliphatic carbocycles. The number of hydrogen-bond donors (Lipinski definition) is 2. The van der Waals surface area contributed by atoms with Gasteiger partial charge in [-0.2, -0.15) is 0 Å². The molecule has 2 heterocycles. The Kier molecular flexibility index (Phi) is 7.06. The Labute approximate surface area is 172 Å². The van der Waals surface area contributed by atoms with Crippen LogP contribution in [0.3, 0.4) is 0 Å². The van der Waals surface area contributed by atoms with E-state index in [9.17, 15) is 14.4 Å². The van der Waals surface area contributed by atoms with Crippen LogP contribution in [0.2, 0.25) is 0 Å². The maximum atomic E-state index is 12.8. The van der Waals surface area contributed by atoms with Gasteiger partial charge in [-0.1, -0.05) is 44.2 Å². The van der Waals surface area contributed by atoms with Gasteiger partial charge in [0.05, 0.1) is 0 Å². The minimum absolute atomic E-state index is 0. The van der Waals surface area contributed by atoms with E-state index in [-0.39, 0.29) is 42.6 Å². The summed E-state index contributed by atoms with van der Waals surface area (Å²) in [5, 5.41) is 2.76. The van der Waals surface area contributed by atoms with Gasteiger partial charge in [0.25, 0.3) is 5.91 Å². The molecule has 0 unspecified atom stereocenters. The molecule has 2 aliphatic rings. The fraction of sp³-hybridized carbons (Fsp3) is 0.550. The third-order valence-electron chi connectivity index (χ3n) is 6.07. The Morgan fingerprint density at radius 1 is 1.18 bits per heavy atom. The Balaban J connectivity index is 0.00000280. The number of carbonyl (C=O) groups excluding carboxylic acids is 3. The highest BCUT2D eigenvalue weighted by Crippen LogP contribution is 2.32. The number of benzene rings is 1. The van der Waals surface area contributed by atoms with Gasteiger partial charge >= 0.3 is 6.03 Å². The van der Waals surface area contributed by atoms with Gasteiger partial charge in [-0.3, -0.25) is 14.5 Å². The number of imide groups is 1. The second-order valence-corrected chi connectivity index (χ2v) is 7.42. The smallest absolute Gasteiger partial charge is 0.325 e. The topological polar surface area (TPSA) is 95.7 Å². The summed E-state index contributed by atoms with van der Waals surface area (Å²) >= 11 is 0. The predicted octanol–water partition coefficient (Wildman–Crippen LogP) is 1.72. The zero-order valence-corrected chi connectivity index (χ0v) is 17.2. The summed E-state index contributed by atoms with van der Waals surface area (Å²) in [7, 11) is 0. The summed E-state index contributed by atoms with van der Waals surface area (Å²) in [6.07, 6.45) is 1.02. The standard InChI is InChI=1S/C20H28N4O3.ClH/c1-3-20(4-2)18(26)24(19(27)22-20)13-17(25)23-11-15(10-21)16(12-23)14-8-6-5-7-9-14;/h5-9,15-16H,3-4,10-13,21H2,1-2H3,(H,22,27);1H/t15-,16+;/m1./s1. The summed E-state index contributed by atoms with van der Waals surface area (Å²) in [4.78, 5) is 40.6. The SMILES string of the molecule is CCC1(CC)NC(=O)N(CC(=O)N2C[C@@H](CN)[C@H](c3ccccc3)C2)C1=O.Cl. The number of carbonyl (C=O) groups is 3. The minimum Gasteiger partial charge on any atom is -0.340 e. The van der Waals surface area contributed by atoms with Crippen molar-refractivity contribution in [3.63, 3.8) is 0 Å². The molecule has 0 spiro atoms. The highest BCUT2D eigenvalue weighted by Gasteiger charge is 2.49. The fourth-order valence-electron chi connectivity index (χ4n) is 4.18. The number of halogens is 1. The first kappa shape index (κ1) is 22.2. The number of nitrogens with zero attached hydrogens (tertiary/aromatic N) is 2. The largest absolute Gasteiger partial charge is 0.340 e. The molecule has 1 aromatic rings. The first-order valence-corrected chi connectivity index (χ1v) is 9.62. The molecule has 2 fully saturated rings. The minimum atomic E-state index is -0.880. The number of amides is 4. The van der Waals surface area contributed by atoms with E-state index in [0.717, 1.165) is 10.5 Å². The van der Waals surface area contributed by atoms with E-state index >= 15 is 0 Å². The molecular weight excluding hydrogens is 380 g/mol. The average molecular weight is 409 g/mol. The van der Waals surface area contributed by atoms with E-state index in [2.05, 4.69) is 17.4 Å². The third kappa shape index (κ3) is 3.86. The van der Waals surface area contributed by atoms with Gasteiger partial charge < -0.3 is 16.0 Å². The van der Waals surface area contributed by atoms with Crippen LogP contribution >= 0.6 is 12.4 Å². The van der Waals surface area contributed by atoms with Crippen molar-refractivity contribution in [2.75, 3.05) is 26.2 Å². The number of nitrogens with two attached hydrogens (primary N) is 1. The highest BCUT2D eigenvalue weighted by atomic mass is 35.5. The summed E-state index contributed by atoms with van der Waals surface area (Å²) in [5.41, 5.74) is 6.22. The normalized spacial score (nSPS) is 23.5. The van der Waals surface area contributed by atoms with Crippen LogP contribution in [-0.4, -0.2) is 59.4 Å². The monoisotopic (exact) mass is 408 g/mol. The molecule has 1 aromatic carbocycles. The van der Waals surface area contributed by atoms with E-state index in [1.165, 1.54) is 0 Å². The number of nitrogens with one attached hydrogen (secondary N) is 1. The molecule has 0 radical (unpaired) electrons. The van der Waals surface area contributed by atoms with Crippen molar-refractivity contribution >= 4 is 30.3 Å². The lowest BCUT2D eigenvalue weighted by molar-refractivity contribution is -0.138. The molecule has 3 N–H and O–H groups in total. The van der Waals surface area contributed by atoms with E-state index in [1.54, 1.807) is 4.90 Å². The van der Waals surface area contributed by atoms with Crippen molar-refractivity contribution in [3.8, 4) is 0 Å². The van der Waals surface area contributed by atoms with Crippen LogP contribution in [0.4, 0.5) is 4.79 Å². The first-order chi connectivity index (χ1) is 13.0. The molecule has 0 bridgehead atoms. The quantitative estimate of drug-likeness (QED) is 0.700. The predicted molar refractivity (Wildman–Crippen MR) is 109 cm³/mol. The molecule has 28 heavy (non-hydrogen) atoms. The Hall–Kier alpha value is -2.12. The van der Waals surface area contributed by atoms with Crippen molar-refractivity contribution < 1.29 is 14.4 Å². The number of likely N-dealkylation sites (tertiary alicyclic amines) is 1. The van der Waals surface area contributed by atoms with Crippen molar-refractivity contribution in [3.05, 3.63) is 35.9 Å². The summed E-state index contributed by atoms with van der Waals surface area (Å²) in [6, 6.07) is 9.55. The maximum Gasteiger partial charge on any atom is 0.325 e. The van der Waals surface area contributed by atoms with E-state index in [0.29, 0.717) is 32.5 Å². The molecule has 0 saturated carbocycles.